The van der Waals surface area contributed by atoms with Gasteiger partial charge in [0.1, 0.15) is 5.82 Å². The van der Waals surface area contributed by atoms with E-state index in [1.54, 1.807) is 36.4 Å². The minimum atomic E-state index is -1.30. The van der Waals surface area contributed by atoms with Gasteiger partial charge in [-0.1, -0.05) is 42.5 Å². The summed E-state index contributed by atoms with van der Waals surface area (Å²) in [4.78, 5) is 23.5. The van der Waals surface area contributed by atoms with Crippen molar-refractivity contribution >= 4 is 40.7 Å². The number of nitrogens with one attached hydrogen (secondary N) is 1. The molecule has 9 heteroatoms. The maximum absolute atomic E-state index is 13.6. The van der Waals surface area contributed by atoms with Gasteiger partial charge in [-0.25, -0.2) is 4.39 Å². The van der Waals surface area contributed by atoms with Crippen LogP contribution < -0.4 is 10.4 Å². The molecule has 1 heterocycles. The summed E-state index contributed by atoms with van der Waals surface area (Å²) in [7, 11) is 0. The lowest BCUT2D eigenvalue weighted by molar-refractivity contribution is -0.387. The average molecular weight is 498 g/mol. The van der Waals surface area contributed by atoms with Gasteiger partial charge < -0.3 is 15.2 Å². The SMILES string of the molecule is O=C([O-])c1cccc2c1N[C@@H](c1ccc(F)cc1)[C@@H]1C[C@H](Sc3ccccc3[N+](=O)[O-])[C@@H](Cl)[C@@H]21. The van der Waals surface area contributed by atoms with E-state index in [9.17, 15) is 24.4 Å². The predicted molar refractivity (Wildman–Crippen MR) is 127 cm³/mol. The van der Waals surface area contributed by atoms with E-state index in [-0.39, 0.29) is 40.2 Å². The first-order chi connectivity index (χ1) is 16.3. The predicted octanol–water partition coefficient (Wildman–Crippen LogP) is 5.14. The molecule has 1 aliphatic heterocycles. The minimum Gasteiger partial charge on any atom is -0.545 e. The highest BCUT2D eigenvalue weighted by atomic mass is 35.5. The maximum atomic E-state index is 13.6. The van der Waals surface area contributed by atoms with Gasteiger partial charge >= 0.3 is 0 Å². The Bertz CT molecular complexity index is 1270. The molecule has 2 aliphatic rings. The Labute approximate surface area is 204 Å². The Morgan fingerprint density at radius 3 is 2.53 bits per heavy atom. The Morgan fingerprint density at radius 2 is 1.82 bits per heavy atom. The number of thioether (sulfide) groups is 1. The van der Waals surface area contributed by atoms with Gasteiger partial charge in [-0.15, -0.1) is 23.4 Å². The summed E-state index contributed by atoms with van der Waals surface area (Å²) in [6.07, 6.45) is 0.638. The van der Waals surface area contributed by atoms with E-state index >= 15 is 0 Å². The molecule has 0 unspecified atom stereocenters. The molecule has 1 aliphatic carbocycles. The number of anilines is 1. The van der Waals surface area contributed by atoms with E-state index in [1.807, 2.05) is 6.07 Å². The Hall–Kier alpha value is -3.10. The maximum Gasteiger partial charge on any atom is 0.282 e. The van der Waals surface area contributed by atoms with Crippen LogP contribution in [0.4, 0.5) is 15.8 Å². The summed E-state index contributed by atoms with van der Waals surface area (Å²) < 4.78 is 13.6. The van der Waals surface area contributed by atoms with E-state index in [1.165, 1.54) is 36.0 Å². The highest BCUT2D eigenvalue weighted by Crippen LogP contribution is 2.58. The van der Waals surface area contributed by atoms with Crippen molar-refractivity contribution in [2.75, 3.05) is 5.32 Å². The number of halogens is 2. The molecule has 1 N–H and O–H groups in total. The third kappa shape index (κ3) is 3.91. The van der Waals surface area contributed by atoms with Crippen LogP contribution in [0, 0.1) is 21.8 Å². The number of fused-ring (bicyclic) bond motifs is 3. The number of rotatable bonds is 5. The van der Waals surface area contributed by atoms with Gasteiger partial charge in [0.2, 0.25) is 0 Å². The summed E-state index contributed by atoms with van der Waals surface area (Å²) in [5.74, 6) is -1.89. The second kappa shape index (κ2) is 8.92. The number of alkyl halides is 1. The second-order valence-electron chi connectivity index (χ2n) is 8.48. The summed E-state index contributed by atoms with van der Waals surface area (Å²) >= 11 is 8.40. The molecule has 0 aromatic heterocycles. The van der Waals surface area contributed by atoms with E-state index < -0.39 is 16.3 Å². The van der Waals surface area contributed by atoms with Crippen molar-refractivity contribution in [2.45, 2.75) is 33.9 Å². The van der Waals surface area contributed by atoms with Gasteiger partial charge in [-0.05, 0) is 41.7 Å². The van der Waals surface area contributed by atoms with Crippen LogP contribution >= 0.6 is 23.4 Å². The Morgan fingerprint density at radius 1 is 1.09 bits per heavy atom. The fourth-order valence-electron chi connectivity index (χ4n) is 5.18. The lowest BCUT2D eigenvalue weighted by atomic mass is 9.76. The summed E-state index contributed by atoms with van der Waals surface area (Å²) in [5, 5.41) is 26.2. The van der Waals surface area contributed by atoms with Crippen molar-refractivity contribution in [1.82, 2.24) is 0 Å². The first kappa shape index (κ1) is 22.7. The normalized spacial score (nSPS) is 25.2. The molecule has 3 aromatic rings. The number of nitrogens with zero attached hydrogens (tertiary/aromatic N) is 1. The van der Waals surface area contributed by atoms with Gasteiger partial charge in [0.05, 0.1) is 27.2 Å². The fraction of sp³-hybridized carbons (Fsp3) is 0.240. The molecule has 1 saturated carbocycles. The number of hydrogen-bond donors (Lipinski definition) is 1. The molecule has 5 atom stereocenters. The molecule has 34 heavy (non-hydrogen) atoms. The Kier molecular flexibility index (Phi) is 5.95. The topological polar surface area (TPSA) is 95.3 Å². The number of carbonyl (C=O) groups is 1. The molecular weight excluding hydrogens is 479 g/mol. The monoisotopic (exact) mass is 497 g/mol. The number of para-hydroxylation sites is 2. The van der Waals surface area contributed by atoms with Crippen molar-refractivity contribution in [2.24, 2.45) is 5.92 Å². The van der Waals surface area contributed by atoms with Crippen LogP contribution in [0.3, 0.4) is 0 Å². The summed E-state index contributed by atoms with van der Waals surface area (Å²) in [6, 6.07) is 17.4. The number of carboxylic acids is 1. The lowest BCUT2D eigenvalue weighted by Gasteiger charge is -2.39. The molecule has 0 radical (unpaired) electrons. The third-order valence-electron chi connectivity index (χ3n) is 6.64. The zero-order valence-electron chi connectivity index (χ0n) is 17.7. The van der Waals surface area contributed by atoms with E-state index in [0.717, 1.165) is 11.1 Å². The number of aromatic carboxylic acids is 1. The second-order valence-corrected chi connectivity index (χ2v) is 10.3. The minimum absolute atomic E-state index is 0.0269. The molecular formula is C25H19ClFN2O4S-. The smallest absolute Gasteiger partial charge is 0.282 e. The lowest BCUT2D eigenvalue weighted by Crippen LogP contribution is -2.33. The standard InChI is InChI=1S/C25H20ClFN2O4S/c26-22-20(34-19-7-2-1-6-18(19)29(32)33)12-17-21(22)15-4-3-5-16(25(30)31)24(15)28-23(17)13-8-10-14(27)11-9-13/h1-11,17,20-23,28H,12H2,(H,30,31)/p-1/t17-,20+,21+,22-,23+/m1/s1. The van der Waals surface area contributed by atoms with Crippen LogP contribution in [0.2, 0.25) is 0 Å². The highest BCUT2D eigenvalue weighted by Gasteiger charge is 2.50. The van der Waals surface area contributed by atoms with Crippen molar-refractivity contribution in [3.8, 4) is 0 Å². The molecule has 0 bridgehead atoms. The van der Waals surface area contributed by atoms with Crippen LogP contribution in [0.1, 0.15) is 39.9 Å². The molecule has 6 nitrogen and oxygen atoms in total. The zero-order valence-corrected chi connectivity index (χ0v) is 19.3. The van der Waals surface area contributed by atoms with Crippen molar-refractivity contribution < 1.29 is 19.2 Å². The van der Waals surface area contributed by atoms with Crippen LogP contribution in [0.25, 0.3) is 0 Å². The van der Waals surface area contributed by atoms with Crippen LogP contribution in [-0.4, -0.2) is 21.5 Å². The van der Waals surface area contributed by atoms with E-state index in [0.29, 0.717) is 17.0 Å². The summed E-state index contributed by atoms with van der Waals surface area (Å²) in [6.45, 7) is 0. The average Bonchev–Trinajstić information content (AvgIpc) is 3.15. The highest BCUT2D eigenvalue weighted by molar-refractivity contribution is 8.00. The molecule has 0 amide bonds. The fourth-order valence-corrected chi connectivity index (χ4v) is 7.13. The van der Waals surface area contributed by atoms with Gasteiger partial charge in [-0.2, -0.15) is 0 Å². The van der Waals surface area contributed by atoms with Crippen molar-refractivity contribution in [3.05, 3.63) is 99.4 Å². The zero-order chi connectivity index (χ0) is 24.0. The largest absolute Gasteiger partial charge is 0.545 e. The quantitative estimate of drug-likeness (QED) is 0.298. The molecule has 0 saturated heterocycles. The van der Waals surface area contributed by atoms with Gasteiger partial charge in [0.15, 0.2) is 0 Å². The molecule has 0 spiro atoms. The molecule has 5 rings (SSSR count). The number of benzene rings is 3. The van der Waals surface area contributed by atoms with Gasteiger partial charge in [-0.3, -0.25) is 10.1 Å². The van der Waals surface area contributed by atoms with E-state index in [4.69, 9.17) is 11.6 Å². The number of carboxylic acid groups (broad SMARTS) is 1. The molecule has 3 aromatic carbocycles. The number of nitro groups is 1. The first-order valence-electron chi connectivity index (χ1n) is 10.8. The van der Waals surface area contributed by atoms with Crippen LogP contribution in [0.5, 0.6) is 0 Å². The van der Waals surface area contributed by atoms with Gasteiger partial charge in [0, 0.05) is 28.5 Å². The number of hydrogen-bond acceptors (Lipinski definition) is 6. The van der Waals surface area contributed by atoms with Crippen molar-refractivity contribution in [1.29, 1.82) is 0 Å². The molecule has 174 valence electrons. The van der Waals surface area contributed by atoms with E-state index in [2.05, 4.69) is 5.32 Å². The number of carbonyl (C=O) groups excluding carboxylic acids is 1. The van der Waals surface area contributed by atoms with Gasteiger partial charge in [0.25, 0.3) is 5.69 Å². The van der Waals surface area contributed by atoms with Crippen LogP contribution in [0.15, 0.2) is 71.6 Å². The van der Waals surface area contributed by atoms with Crippen LogP contribution in [-0.2, 0) is 0 Å². The number of nitro benzene ring substituents is 1. The summed E-state index contributed by atoms with van der Waals surface area (Å²) in [5.41, 5.74) is 2.13. The van der Waals surface area contributed by atoms with Crippen molar-refractivity contribution in [3.63, 3.8) is 0 Å². The first-order valence-corrected chi connectivity index (χ1v) is 12.1. The third-order valence-corrected chi connectivity index (χ3v) is 8.75. The molecule has 1 fully saturated rings. The Balaban J connectivity index is 1.57.